The third kappa shape index (κ3) is 5.58. The van der Waals surface area contributed by atoms with E-state index in [1.165, 1.54) is 30.1 Å². The Bertz CT molecular complexity index is 467. The molecule has 0 fully saturated rings. The summed E-state index contributed by atoms with van der Waals surface area (Å²) in [4.78, 5) is 26.7. The van der Waals surface area contributed by atoms with E-state index in [2.05, 4.69) is 10.3 Å². The number of rotatable bonds is 8. The minimum atomic E-state index is -1.01. The number of carbonyl (C=O) groups excluding carboxylic acids is 1. The summed E-state index contributed by atoms with van der Waals surface area (Å²) in [5, 5.41) is 11.9. The molecule has 0 aliphatic heterocycles. The lowest BCUT2D eigenvalue weighted by Gasteiger charge is -2.11. The molecule has 0 bridgehead atoms. The van der Waals surface area contributed by atoms with Gasteiger partial charge in [-0.25, -0.2) is 9.78 Å². The number of hydrogen-bond donors (Lipinski definition) is 2. The van der Waals surface area contributed by atoms with E-state index in [0.29, 0.717) is 18.2 Å². The maximum Gasteiger partial charge on any atom is 0.335 e. The smallest absolute Gasteiger partial charge is 0.335 e. The second-order valence-corrected chi connectivity index (χ2v) is 5.45. The Morgan fingerprint density at radius 3 is 2.95 bits per heavy atom. The van der Waals surface area contributed by atoms with Gasteiger partial charge in [-0.05, 0) is 25.5 Å². The molecule has 7 heteroatoms. The Hall–Kier alpha value is -1.60. The van der Waals surface area contributed by atoms with E-state index in [0.717, 1.165) is 6.42 Å². The maximum atomic E-state index is 11.8. The Balaban J connectivity index is 2.48. The van der Waals surface area contributed by atoms with E-state index in [4.69, 9.17) is 9.84 Å². The standard InChI is InChI=1S/C13H18N2O4S/c1-9(12(16)15-5-3-7-19-2)20-11-8-10(13(17)18)4-6-14-11/h4,6,8-9H,3,5,7H2,1-2H3,(H,15,16)(H,17,18). The highest BCUT2D eigenvalue weighted by Crippen LogP contribution is 2.21. The maximum absolute atomic E-state index is 11.8. The van der Waals surface area contributed by atoms with Crippen molar-refractivity contribution in [3.8, 4) is 0 Å². The van der Waals surface area contributed by atoms with E-state index < -0.39 is 5.97 Å². The molecule has 0 aromatic carbocycles. The van der Waals surface area contributed by atoms with Gasteiger partial charge in [0.1, 0.15) is 0 Å². The minimum absolute atomic E-state index is 0.103. The lowest BCUT2D eigenvalue weighted by atomic mass is 10.3. The summed E-state index contributed by atoms with van der Waals surface area (Å²) in [6.07, 6.45) is 2.18. The van der Waals surface area contributed by atoms with Crippen LogP contribution in [0.2, 0.25) is 0 Å². The zero-order valence-electron chi connectivity index (χ0n) is 11.5. The fourth-order valence-corrected chi connectivity index (χ4v) is 2.28. The Kier molecular flexibility index (Phi) is 7.03. The number of methoxy groups -OCH3 is 1. The first-order valence-electron chi connectivity index (χ1n) is 6.17. The van der Waals surface area contributed by atoms with Gasteiger partial charge in [0.2, 0.25) is 5.91 Å². The highest BCUT2D eigenvalue weighted by atomic mass is 32.2. The lowest BCUT2D eigenvalue weighted by molar-refractivity contribution is -0.120. The van der Waals surface area contributed by atoms with Crippen molar-refractivity contribution in [3.05, 3.63) is 23.9 Å². The number of carboxylic acid groups (broad SMARTS) is 1. The number of nitrogens with zero attached hydrogens (tertiary/aromatic N) is 1. The van der Waals surface area contributed by atoms with Crippen LogP contribution in [-0.4, -0.2) is 47.5 Å². The van der Waals surface area contributed by atoms with Crippen molar-refractivity contribution in [2.24, 2.45) is 0 Å². The molecule has 1 heterocycles. The number of carbonyl (C=O) groups is 2. The molecule has 1 rings (SSSR count). The molecular weight excluding hydrogens is 280 g/mol. The van der Waals surface area contributed by atoms with Crippen molar-refractivity contribution in [3.63, 3.8) is 0 Å². The second-order valence-electron chi connectivity index (χ2n) is 4.09. The van der Waals surface area contributed by atoms with Gasteiger partial charge in [0.05, 0.1) is 15.8 Å². The second kappa shape index (κ2) is 8.55. The van der Waals surface area contributed by atoms with E-state index in [1.807, 2.05) is 0 Å². The summed E-state index contributed by atoms with van der Waals surface area (Å²) in [6, 6.07) is 2.88. The predicted octanol–water partition coefficient (Wildman–Crippen LogP) is 1.41. The molecule has 0 spiro atoms. The minimum Gasteiger partial charge on any atom is -0.478 e. The first-order chi connectivity index (χ1) is 9.54. The number of nitrogens with one attached hydrogen (secondary N) is 1. The lowest BCUT2D eigenvalue weighted by Crippen LogP contribution is -2.32. The van der Waals surface area contributed by atoms with Crippen LogP contribution < -0.4 is 5.32 Å². The van der Waals surface area contributed by atoms with E-state index >= 15 is 0 Å². The number of ether oxygens (including phenoxy) is 1. The van der Waals surface area contributed by atoms with Crippen LogP contribution in [0.1, 0.15) is 23.7 Å². The first-order valence-corrected chi connectivity index (χ1v) is 7.05. The van der Waals surface area contributed by atoms with Crippen LogP contribution >= 0.6 is 11.8 Å². The van der Waals surface area contributed by atoms with E-state index in [1.54, 1.807) is 14.0 Å². The van der Waals surface area contributed by atoms with E-state index in [-0.39, 0.29) is 16.7 Å². The molecule has 0 saturated carbocycles. The number of amides is 1. The summed E-state index contributed by atoms with van der Waals surface area (Å²) >= 11 is 1.23. The zero-order valence-corrected chi connectivity index (χ0v) is 12.3. The fraction of sp³-hybridized carbons (Fsp3) is 0.462. The van der Waals surface area contributed by atoms with Gasteiger partial charge in [-0.2, -0.15) is 0 Å². The van der Waals surface area contributed by atoms with Crippen molar-refractivity contribution >= 4 is 23.6 Å². The van der Waals surface area contributed by atoms with E-state index in [9.17, 15) is 9.59 Å². The van der Waals surface area contributed by atoms with Crippen molar-refractivity contribution < 1.29 is 19.4 Å². The van der Waals surface area contributed by atoms with Crippen molar-refractivity contribution in [2.75, 3.05) is 20.3 Å². The van der Waals surface area contributed by atoms with Crippen molar-refractivity contribution in [2.45, 2.75) is 23.6 Å². The molecule has 0 aliphatic rings. The Labute approximate surface area is 121 Å². The molecule has 0 radical (unpaired) electrons. The fourth-order valence-electron chi connectivity index (χ4n) is 1.41. The molecule has 1 atom stereocenters. The monoisotopic (exact) mass is 298 g/mol. The van der Waals surface area contributed by atoms with Gasteiger partial charge >= 0.3 is 5.97 Å². The zero-order chi connectivity index (χ0) is 15.0. The highest BCUT2D eigenvalue weighted by molar-refractivity contribution is 8.00. The summed E-state index contributed by atoms with van der Waals surface area (Å²) in [5.41, 5.74) is 0.162. The van der Waals surface area contributed by atoms with Crippen LogP contribution in [0.4, 0.5) is 0 Å². The number of aromatic nitrogens is 1. The molecule has 1 aromatic heterocycles. The summed E-state index contributed by atoms with van der Waals surface area (Å²) in [7, 11) is 1.61. The van der Waals surface area contributed by atoms with Crippen LogP contribution in [0, 0.1) is 0 Å². The summed E-state index contributed by atoms with van der Waals surface area (Å²) in [5.74, 6) is -1.11. The number of carboxylic acids is 1. The Morgan fingerprint density at radius 2 is 2.30 bits per heavy atom. The predicted molar refractivity (Wildman–Crippen MR) is 76.0 cm³/mol. The SMILES string of the molecule is COCCCNC(=O)C(C)Sc1cc(C(=O)O)ccn1. The molecule has 1 aromatic rings. The molecule has 110 valence electrons. The molecular formula is C13H18N2O4S. The number of thioether (sulfide) groups is 1. The number of pyridine rings is 1. The number of aromatic carboxylic acids is 1. The molecule has 1 amide bonds. The highest BCUT2D eigenvalue weighted by Gasteiger charge is 2.15. The third-order valence-electron chi connectivity index (χ3n) is 2.47. The van der Waals surface area contributed by atoms with Gasteiger partial charge in [0, 0.05) is 26.5 Å². The Morgan fingerprint density at radius 1 is 1.55 bits per heavy atom. The molecule has 20 heavy (non-hydrogen) atoms. The largest absolute Gasteiger partial charge is 0.478 e. The van der Waals surface area contributed by atoms with Gasteiger partial charge in [-0.1, -0.05) is 11.8 Å². The van der Waals surface area contributed by atoms with Crippen LogP contribution in [0.5, 0.6) is 0 Å². The van der Waals surface area contributed by atoms with Gasteiger partial charge in [0.15, 0.2) is 0 Å². The number of hydrogen-bond acceptors (Lipinski definition) is 5. The van der Waals surface area contributed by atoms with Crippen LogP contribution in [0.15, 0.2) is 23.4 Å². The summed E-state index contributed by atoms with van der Waals surface area (Å²) < 4.78 is 4.89. The quantitative estimate of drug-likeness (QED) is 0.557. The van der Waals surface area contributed by atoms with Crippen LogP contribution in [0.3, 0.4) is 0 Å². The van der Waals surface area contributed by atoms with Crippen LogP contribution in [-0.2, 0) is 9.53 Å². The topological polar surface area (TPSA) is 88.5 Å². The molecule has 2 N–H and O–H groups in total. The molecule has 6 nitrogen and oxygen atoms in total. The summed E-state index contributed by atoms with van der Waals surface area (Å²) in [6.45, 7) is 2.91. The van der Waals surface area contributed by atoms with Gasteiger partial charge in [-0.15, -0.1) is 0 Å². The average Bonchev–Trinajstić information content (AvgIpc) is 2.43. The van der Waals surface area contributed by atoms with Crippen molar-refractivity contribution in [1.82, 2.24) is 10.3 Å². The first kappa shape index (κ1) is 16.5. The molecule has 0 saturated heterocycles. The molecule has 0 aliphatic carbocycles. The normalized spacial score (nSPS) is 11.9. The molecule has 1 unspecified atom stereocenters. The van der Waals surface area contributed by atoms with Crippen LogP contribution in [0.25, 0.3) is 0 Å². The van der Waals surface area contributed by atoms with Gasteiger partial charge in [-0.3, -0.25) is 4.79 Å². The van der Waals surface area contributed by atoms with Crippen molar-refractivity contribution in [1.29, 1.82) is 0 Å². The third-order valence-corrected chi connectivity index (χ3v) is 3.51. The van der Waals surface area contributed by atoms with Gasteiger partial charge < -0.3 is 15.2 Å². The van der Waals surface area contributed by atoms with Gasteiger partial charge in [0.25, 0.3) is 0 Å². The average molecular weight is 298 g/mol.